The predicted octanol–water partition coefficient (Wildman–Crippen LogP) is 3.82. The highest BCUT2D eigenvalue weighted by Gasteiger charge is 2.37. The molecule has 4 nitrogen and oxygen atoms in total. The van der Waals surface area contributed by atoms with Crippen molar-refractivity contribution in [1.82, 2.24) is 9.80 Å². The number of alkyl halides is 3. The number of thioether (sulfide) groups is 1. The van der Waals surface area contributed by atoms with Crippen molar-refractivity contribution in [3.8, 4) is 0 Å². The molecule has 0 aromatic rings. The molecular weight excluding hydrogens is 365 g/mol. The van der Waals surface area contributed by atoms with Crippen molar-refractivity contribution in [2.45, 2.75) is 31.8 Å². The van der Waals surface area contributed by atoms with E-state index in [0.29, 0.717) is 25.3 Å². The topological polar surface area (TPSA) is 32.8 Å². The van der Waals surface area contributed by atoms with Gasteiger partial charge in [0.05, 0.1) is 13.2 Å². The number of carbonyl (C=O) groups excluding carboxylic acids is 1. The van der Waals surface area contributed by atoms with Gasteiger partial charge in [0.2, 0.25) is 0 Å². The highest BCUT2D eigenvalue weighted by Crippen LogP contribution is 2.41. The Labute approximate surface area is 157 Å². The quantitative estimate of drug-likeness (QED) is 0.356. The van der Waals surface area contributed by atoms with Crippen LogP contribution >= 0.6 is 11.8 Å². The van der Waals surface area contributed by atoms with Crippen molar-refractivity contribution in [2.75, 3.05) is 40.3 Å². The molecule has 0 radical (unpaired) electrons. The molecule has 0 saturated carbocycles. The largest absolute Gasteiger partial charge is 0.499 e. The van der Waals surface area contributed by atoms with Crippen LogP contribution in [-0.4, -0.2) is 67.5 Å². The number of Topliss-reactive ketones (excluding diaryl/α,β-unsaturated/α-hetero) is 1. The Morgan fingerprint density at radius 2 is 1.88 bits per heavy atom. The number of hydrogen-bond acceptors (Lipinski definition) is 5. The predicted molar refractivity (Wildman–Crippen MR) is 99.8 cm³/mol. The molecule has 1 atom stereocenters. The minimum absolute atomic E-state index is 0.121. The van der Waals surface area contributed by atoms with E-state index < -0.39 is 11.6 Å². The first-order valence-electron chi connectivity index (χ1n) is 8.42. The van der Waals surface area contributed by atoms with Gasteiger partial charge >= 0.3 is 5.51 Å². The first-order chi connectivity index (χ1) is 12.1. The molecule has 0 aromatic heterocycles. The van der Waals surface area contributed by atoms with Crippen molar-refractivity contribution >= 4 is 17.5 Å². The summed E-state index contributed by atoms with van der Waals surface area (Å²) in [5.41, 5.74) is -4.20. The van der Waals surface area contributed by atoms with Crippen LogP contribution in [0.15, 0.2) is 35.0 Å². The molecule has 0 unspecified atom stereocenters. The van der Waals surface area contributed by atoms with Crippen LogP contribution in [0.5, 0.6) is 0 Å². The Kier molecular flexibility index (Phi) is 8.92. The average Bonchev–Trinajstić information content (AvgIpc) is 2.54. The number of carbonyl (C=O) groups is 1. The summed E-state index contributed by atoms with van der Waals surface area (Å²) in [5.74, 6) is 0.0485. The van der Waals surface area contributed by atoms with Crippen LogP contribution < -0.4 is 0 Å². The van der Waals surface area contributed by atoms with Gasteiger partial charge in [-0.3, -0.25) is 9.69 Å². The number of halogens is 3. The SMILES string of the molecule is C=C(/C=C(/OC)[C@H](/C(=C/CC)SC(F)(F)F)N1CCN(C)CC1)C(C)=O. The summed E-state index contributed by atoms with van der Waals surface area (Å²) in [7, 11) is 3.38. The Morgan fingerprint density at radius 1 is 1.31 bits per heavy atom. The molecule has 0 N–H and O–H groups in total. The second-order valence-corrected chi connectivity index (χ2v) is 7.28. The molecule has 1 fully saturated rings. The van der Waals surface area contributed by atoms with Crippen molar-refractivity contribution < 1.29 is 22.7 Å². The molecule has 0 spiro atoms. The van der Waals surface area contributed by atoms with Crippen LogP contribution in [0.2, 0.25) is 0 Å². The summed E-state index contributed by atoms with van der Waals surface area (Å²) in [6.07, 6.45) is 3.49. The Morgan fingerprint density at radius 3 is 2.31 bits per heavy atom. The van der Waals surface area contributed by atoms with E-state index in [4.69, 9.17) is 4.74 Å². The number of ketones is 1. The zero-order valence-electron chi connectivity index (χ0n) is 15.7. The molecular formula is C18H27F3N2O2S. The number of ether oxygens (including phenoxy) is 1. The van der Waals surface area contributed by atoms with Crippen LogP contribution in [0.4, 0.5) is 13.2 Å². The van der Waals surface area contributed by atoms with Gasteiger partial charge in [0.15, 0.2) is 5.78 Å². The molecule has 1 aliphatic heterocycles. The number of allylic oxidation sites excluding steroid dienone is 3. The molecule has 26 heavy (non-hydrogen) atoms. The Hall–Kier alpha value is -1.25. The summed E-state index contributed by atoms with van der Waals surface area (Å²) in [6, 6.07) is -0.698. The molecule has 1 saturated heterocycles. The fourth-order valence-electron chi connectivity index (χ4n) is 2.65. The van der Waals surface area contributed by atoms with E-state index in [1.165, 1.54) is 20.1 Å². The van der Waals surface area contributed by atoms with Crippen molar-refractivity contribution in [2.24, 2.45) is 0 Å². The summed E-state index contributed by atoms with van der Waals surface area (Å²) >= 11 is -0.121. The number of piperazine rings is 1. The third-order valence-corrected chi connectivity index (χ3v) is 4.94. The molecule has 8 heteroatoms. The highest BCUT2D eigenvalue weighted by molar-refractivity contribution is 8.03. The summed E-state index contributed by atoms with van der Waals surface area (Å²) in [6.45, 7) is 9.54. The van der Waals surface area contributed by atoms with Crippen molar-refractivity contribution in [1.29, 1.82) is 0 Å². The van der Waals surface area contributed by atoms with Gasteiger partial charge in [-0.05, 0) is 38.2 Å². The minimum atomic E-state index is -4.40. The number of hydrogen-bond donors (Lipinski definition) is 0. The maximum Gasteiger partial charge on any atom is 0.446 e. The molecule has 0 amide bonds. The van der Waals surface area contributed by atoms with E-state index in [1.807, 2.05) is 11.9 Å². The maximum absolute atomic E-state index is 13.1. The van der Waals surface area contributed by atoms with E-state index in [-0.39, 0.29) is 28.0 Å². The lowest BCUT2D eigenvalue weighted by Crippen LogP contribution is -2.50. The van der Waals surface area contributed by atoms with Gasteiger partial charge in [-0.2, -0.15) is 13.2 Å². The van der Waals surface area contributed by atoms with Crippen LogP contribution in [-0.2, 0) is 9.53 Å². The minimum Gasteiger partial charge on any atom is -0.499 e. The lowest BCUT2D eigenvalue weighted by Gasteiger charge is -2.39. The van der Waals surface area contributed by atoms with Gasteiger partial charge in [0, 0.05) is 36.7 Å². The van der Waals surface area contributed by atoms with E-state index in [0.717, 1.165) is 13.1 Å². The highest BCUT2D eigenvalue weighted by atomic mass is 32.2. The van der Waals surface area contributed by atoms with Gasteiger partial charge in [-0.15, -0.1) is 0 Å². The monoisotopic (exact) mass is 392 g/mol. The third-order valence-electron chi connectivity index (χ3n) is 4.09. The molecule has 0 aliphatic carbocycles. The van der Waals surface area contributed by atoms with Crippen LogP contribution in [0.1, 0.15) is 20.3 Å². The first-order valence-corrected chi connectivity index (χ1v) is 9.24. The second-order valence-electron chi connectivity index (χ2n) is 6.14. The van der Waals surface area contributed by atoms with Crippen LogP contribution in [0.25, 0.3) is 0 Å². The Bertz CT molecular complexity index is 565. The molecule has 148 valence electrons. The van der Waals surface area contributed by atoms with Gasteiger partial charge in [0.1, 0.15) is 5.76 Å². The molecule has 1 rings (SSSR count). The standard InChI is InChI=1S/C18H27F3N2O2S/c1-6-7-16(26-18(19,20)21)17(23-10-8-22(4)9-11-23)15(25-5)12-13(2)14(3)24/h7,12,17H,2,6,8-11H2,1,3-5H3/b15-12+,16-7-/t17-/m1/s1. The average molecular weight is 392 g/mol. The fraction of sp³-hybridized carbons (Fsp3) is 0.611. The summed E-state index contributed by atoms with van der Waals surface area (Å²) < 4.78 is 44.8. The third kappa shape index (κ3) is 7.17. The number of nitrogens with zero attached hydrogens (tertiary/aromatic N) is 2. The fourth-order valence-corrected chi connectivity index (χ4v) is 3.54. The van der Waals surface area contributed by atoms with E-state index >= 15 is 0 Å². The van der Waals surface area contributed by atoms with Crippen molar-refractivity contribution in [3.05, 3.63) is 35.0 Å². The van der Waals surface area contributed by atoms with Crippen molar-refractivity contribution in [3.63, 3.8) is 0 Å². The lowest BCUT2D eigenvalue weighted by atomic mass is 10.1. The zero-order chi connectivity index (χ0) is 19.9. The second kappa shape index (κ2) is 10.2. The van der Waals surface area contributed by atoms with Gasteiger partial charge in [0.25, 0.3) is 0 Å². The van der Waals surface area contributed by atoms with Gasteiger partial charge in [-0.25, -0.2) is 0 Å². The first kappa shape index (κ1) is 22.8. The van der Waals surface area contributed by atoms with Gasteiger partial charge in [-0.1, -0.05) is 19.6 Å². The van der Waals surface area contributed by atoms with Crippen LogP contribution in [0.3, 0.4) is 0 Å². The number of methoxy groups -OCH3 is 1. The van der Waals surface area contributed by atoms with E-state index in [1.54, 1.807) is 13.0 Å². The molecule has 0 bridgehead atoms. The summed E-state index contributed by atoms with van der Waals surface area (Å²) in [5, 5.41) is 0. The Balaban J connectivity index is 3.32. The number of likely N-dealkylation sites (N-methyl/N-ethyl adjacent to an activating group) is 1. The lowest BCUT2D eigenvalue weighted by molar-refractivity contribution is -0.113. The molecule has 1 heterocycles. The summed E-state index contributed by atoms with van der Waals surface area (Å²) in [4.78, 5) is 15.8. The van der Waals surface area contributed by atoms with E-state index in [9.17, 15) is 18.0 Å². The maximum atomic E-state index is 13.1. The molecule has 0 aromatic carbocycles. The number of rotatable bonds is 8. The zero-order valence-corrected chi connectivity index (χ0v) is 16.5. The van der Waals surface area contributed by atoms with Crippen LogP contribution in [0, 0.1) is 0 Å². The van der Waals surface area contributed by atoms with Gasteiger partial charge < -0.3 is 9.64 Å². The van der Waals surface area contributed by atoms with E-state index in [2.05, 4.69) is 11.5 Å². The molecule has 1 aliphatic rings. The normalized spacial score (nSPS) is 19.3. The smallest absolute Gasteiger partial charge is 0.446 e.